The van der Waals surface area contributed by atoms with Crippen LogP contribution in [0.5, 0.6) is 0 Å². The molecular formula is C15H29N3O4S. The number of ether oxygens (including phenoxy) is 1. The number of urea groups is 1. The van der Waals surface area contributed by atoms with Gasteiger partial charge in [0.1, 0.15) is 0 Å². The number of hydrogen-bond donors (Lipinski definition) is 2. The Morgan fingerprint density at radius 3 is 2.52 bits per heavy atom. The minimum atomic E-state index is -2.89. The molecule has 2 aliphatic rings. The number of nitrogens with one attached hydrogen (secondary N) is 2. The molecule has 2 amide bonds. The fourth-order valence-corrected chi connectivity index (χ4v) is 5.09. The van der Waals surface area contributed by atoms with Gasteiger partial charge in [0.15, 0.2) is 9.84 Å². The lowest BCUT2D eigenvalue weighted by Gasteiger charge is -2.36. The van der Waals surface area contributed by atoms with E-state index >= 15 is 0 Å². The maximum atomic E-state index is 12.0. The van der Waals surface area contributed by atoms with Gasteiger partial charge in [-0.3, -0.25) is 4.90 Å². The summed E-state index contributed by atoms with van der Waals surface area (Å²) in [5.41, 5.74) is 0. The molecule has 0 radical (unpaired) electrons. The third kappa shape index (κ3) is 5.93. The largest absolute Gasteiger partial charge is 0.379 e. The average molecular weight is 347 g/mol. The SMILES string of the molecule is CC(C)C(CNC(=O)NCC1CCS(=O)(=O)C1)N1CCOCC1. The summed E-state index contributed by atoms with van der Waals surface area (Å²) in [6.45, 7) is 8.60. The Balaban J connectivity index is 1.71. The highest BCUT2D eigenvalue weighted by atomic mass is 32.2. The van der Waals surface area contributed by atoms with Crippen molar-refractivity contribution in [3.05, 3.63) is 0 Å². The molecular weight excluding hydrogens is 318 g/mol. The second kappa shape index (κ2) is 8.30. The number of morpholine rings is 1. The molecule has 2 heterocycles. The molecule has 7 nitrogen and oxygen atoms in total. The maximum absolute atomic E-state index is 12.0. The maximum Gasteiger partial charge on any atom is 0.314 e. The highest BCUT2D eigenvalue weighted by molar-refractivity contribution is 7.91. The zero-order chi connectivity index (χ0) is 16.9. The second-order valence-electron chi connectivity index (χ2n) is 6.82. The molecule has 2 aliphatic heterocycles. The van der Waals surface area contributed by atoms with Crippen molar-refractivity contribution in [3.63, 3.8) is 0 Å². The number of amides is 2. The van der Waals surface area contributed by atoms with Crippen LogP contribution in [0.15, 0.2) is 0 Å². The Bertz CT molecular complexity index is 489. The molecule has 0 aromatic heterocycles. The second-order valence-corrected chi connectivity index (χ2v) is 9.05. The molecule has 2 rings (SSSR count). The van der Waals surface area contributed by atoms with Crippen molar-refractivity contribution in [2.24, 2.45) is 11.8 Å². The molecule has 0 spiro atoms. The van der Waals surface area contributed by atoms with Gasteiger partial charge in [0.25, 0.3) is 0 Å². The fraction of sp³-hybridized carbons (Fsp3) is 0.933. The van der Waals surface area contributed by atoms with Crippen molar-refractivity contribution in [3.8, 4) is 0 Å². The van der Waals surface area contributed by atoms with E-state index in [2.05, 4.69) is 29.4 Å². The first-order valence-corrected chi connectivity index (χ1v) is 10.2. The van der Waals surface area contributed by atoms with E-state index in [1.165, 1.54) is 0 Å². The topological polar surface area (TPSA) is 87.7 Å². The predicted octanol–water partition coefficient (Wildman–Crippen LogP) is 0.0771. The van der Waals surface area contributed by atoms with E-state index in [0.717, 1.165) is 26.3 Å². The van der Waals surface area contributed by atoms with Crippen LogP contribution in [0.2, 0.25) is 0 Å². The molecule has 134 valence electrons. The van der Waals surface area contributed by atoms with Gasteiger partial charge in [0, 0.05) is 32.2 Å². The van der Waals surface area contributed by atoms with E-state index in [9.17, 15) is 13.2 Å². The Hall–Kier alpha value is -0.860. The first kappa shape index (κ1) is 18.5. The van der Waals surface area contributed by atoms with Gasteiger partial charge in [-0.25, -0.2) is 13.2 Å². The normalized spacial score (nSPS) is 26.1. The first-order chi connectivity index (χ1) is 10.9. The molecule has 2 unspecified atom stereocenters. The van der Waals surface area contributed by atoms with E-state index < -0.39 is 9.84 Å². The molecule has 0 saturated carbocycles. The quantitative estimate of drug-likeness (QED) is 0.710. The summed E-state index contributed by atoms with van der Waals surface area (Å²) in [5.74, 6) is 0.919. The lowest BCUT2D eigenvalue weighted by atomic mass is 10.0. The minimum Gasteiger partial charge on any atom is -0.379 e. The van der Waals surface area contributed by atoms with Gasteiger partial charge in [-0.15, -0.1) is 0 Å². The standard InChI is InChI=1S/C15H29N3O4S/c1-12(2)14(18-4-6-22-7-5-18)10-17-15(19)16-9-13-3-8-23(20,21)11-13/h12-14H,3-11H2,1-2H3,(H2,16,17,19). The van der Waals surface area contributed by atoms with Crippen molar-refractivity contribution >= 4 is 15.9 Å². The van der Waals surface area contributed by atoms with Crippen LogP contribution in [0, 0.1) is 11.8 Å². The molecule has 23 heavy (non-hydrogen) atoms. The zero-order valence-corrected chi connectivity index (χ0v) is 14.9. The Morgan fingerprint density at radius 2 is 1.96 bits per heavy atom. The van der Waals surface area contributed by atoms with Crippen molar-refractivity contribution in [2.45, 2.75) is 26.3 Å². The molecule has 2 saturated heterocycles. The van der Waals surface area contributed by atoms with E-state index in [1.807, 2.05) is 0 Å². The van der Waals surface area contributed by atoms with E-state index in [-0.39, 0.29) is 29.5 Å². The van der Waals surface area contributed by atoms with Crippen molar-refractivity contribution < 1.29 is 17.9 Å². The predicted molar refractivity (Wildman–Crippen MR) is 89.2 cm³/mol. The fourth-order valence-electron chi connectivity index (χ4n) is 3.23. The average Bonchev–Trinajstić information content (AvgIpc) is 2.85. The Labute approximate surface area is 139 Å². The van der Waals surface area contributed by atoms with Crippen molar-refractivity contribution in [1.82, 2.24) is 15.5 Å². The van der Waals surface area contributed by atoms with Gasteiger partial charge in [-0.1, -0.05) is 13.8 Å². The van der Waals surface area contributed by atoms with Crippen LogP contribution in [-0.2, 0) is 14.6 Å². The number of hydrogen-bond acceptors (Lipinski definition) is 5. The van der Waals surface area contributed by atoms with Gasteiger partial charge in [0.2, 0.25) is 0 Å². The van der Waals surface area contributed by atoms with E-state index in [1.54, 1.807) is 0 Å². The summed E-state index contributed by atoms with van der Waals surface area (Å²) in [7, 11) is -2.89. The minimum absolute atomic E-state index is 0.0471. The van der Waals surface area contributed by atoms with Crippen LogP contribution < -0.4 is 10.6 Å². The number of carbonyl (C=O) groups is 1. The zero-order valence-electron chi connectivity index (χ0n) is 14.1. The van der Waals surface area contributed by atoms with Crippen LogP contribution in [0.25, 0.3) is 0 Å². The highest BCUT2D eigenvalue weighted by Gasteiger charge is 2.28. The van der Waals surface area contributed by atoms with Crippen molar-refractivity contribution in [1.29, 1.82) is 0 Å². The van der Waals surface area contributed by atoms with Gasteiger partial charge in [-0.05, 0) is 18.3 Å². The number of nitrogens with zero attached hydrogens (tertiary/aromatic N) is 1. The summed E-state index contributed by atoms with van der Waals surface area (Å²) in [6.07, 6.45) is 0.644. The van der Waals surface area contributed by atoms with E-state index in [4.69, 9.17) is 4.74 Å². The van der Waals surface area contributed by atoms with Gasteiger partial charge in [-0.2, -0.15) is 0 Å². The molecule has 0 aliphatic carbocycles. The van der Waals surface area contributed by atoms with Gasteiger partial charge < -0.3 is 15.4 Å². The monoisotopic (exact) mass is 347 g/mol. The van der Waals surface area contributed by atoms with Crippen LogP contribution >= 0.6 is 0 Å². The number of carbonyl (C=O) groups excluding carboxylic acids is 1. The summed E-state index contributed by atoms with van der Waals surface area (Å²) in [5, 5.41) is 5.73. The lowest BCUT2D eigenvalue weighted by molar-refractivity contribution is 0.00719. The van der Waals surface area contributed by atoms with Crippen LogP contribution in [-0.4, -0.2) is 76.3 Å². The van der Waals surface area contributed by atoms with Crippen LogP contribution in [0.4, 0.5) is 4.79 Å². The molecule has 0 bridgehead atoms. The molecule has 0 aromatic carbocycles. The Morgan fingerprint density at radius 1 is 1.26 bits per heavy atom. The first-order valence-electron chi connectivity index (χ1n) is 8.41. The highest BCUT2D eigenvalue weighted by Crippen LogP contribution is 2.17. The Kier molecular flexibility index (Phi) is 6.67. The molecule has 8 heteroatoms. The van der Waals surface area contributed by atoms with E-state index in [0.29, 0.717) is 25.4 Å². The molecule has 0 aromatic rings. The third-order valence-electron chi connectivity index (χ3n) is 4.63. The summed E-state index contributed by atoms with van der Waals surface area (Å²) >= 11 is 0. The molecule has 2 atom stereocenters. The van der Waals surface area contributed by atoms with Crippen LogP contribution in [0.3, 0.4) is 0 Å². The smallest absolute Gasteiger partial charge is 0.314 e. The summed E-state index contributed by atoms with van der Waals surface area (Å²) in [4.78, 5) is 14.3. The molecule has 2 fully saturated rings. The summed E-state index contributed by atoms with van der Waals surface area (Å²) in [6, 6.07) is 0.0738. The van der Waals surface area contributed by atoms with Crippen LogP contribution in [0.1, 0.15) is 20.3 Å². The number of rotatable bonds is 6. The number of sulfone groups is 1. The summed E-state index contributed by atoms with van der Waals surface area (Å²) < 4.78 is 28.2. The van der Waals surface area contributed by atoms with Gasteiger partial charge >= 0.3 is 6.03 Å². The molecule has 2 N–H and O–H groups in total. The third-order valence-corrected chi connectivity index (χ3v) is 6.47. The lowest BCUT2D eigenvalue weighted by Crippen LogP contribution is -2.52. The van der Waals surface area contributed by atoms with Gasteiger partial charge in [0.05, 0.1) is 24.7 Å². The van der Waals surface area contributed by atoms with Crippen molar-refractivity contribution in [2.75, 3.05) is 50.9 Å².